The topological polar surface area (TPSA) is 35.2 Å². The van der Waals surface area contributed by atoms with Crippen molar-refractivity contribution in [1.82, 2.24) is 0 Å². The second kappa shape index (κ2) is 1.71. The number of hydrogen-bond donors (Lipinski definition) is 1. The second-order valence-corrected chi connectivity index (χ2v) is 2.77. The summed E-state index contributed by atoms with van der Waals surface area (Å²) in [6.45, 7) is 4.88. The van der Waals surface area contributed by atoms with Crippen LogP contribution >= 0.6 is 0 Å². The van der Waals surface area contributed by atoms with Gasteiger partial charge in [0, 0.05) is 12.1 Å². The fraction of sp³-hybridized carbons (Fsp3) is 1.00. The van der Waals surface area contributed by atoms with Gasteiger partial charge in [0.1, 0.15) is 0 Å². The Morgan fingerprint density at radius 1 is 1.75 bits per heavy atom. The smallest absolute Gasteiger partial charge is 0.0724 e. The Hall–Kier alpha value is -0.0800. The largest absolute Gasteiger partial charge is 0.377 e. The molecular formula is C6H13NO. The van der Waals surface area contributed by atoms with E-state index in [9.17, 15) is 0 Å². The van der Waals surface area contributed by atoms with Crippen LogP contribution in [0.3, 0.4) is 0 Å². The van der Waals surface area contributed by atoms with E-state index in [-0.39, 0.29) is 11.6 Å². The third-order valence-corrected chi connectivity index (χ3v) is 1.94. The minimum absolute atomic E-state index is 0.0694. The Morgan fingerprint density at radius 2 is 2.38 bits per heavy atom. The SMILES string of the molecule is CC1OCCC1(C)N. The first-order valence-electron chi connectivity index (χ1n) is 3.03. The van der Waals surface area contributed by atoms with Crippen LogP contribution in [0.1, 0.15) is 20.3 Å². The van der Waals surface area contributed by atoms with Gasteiger partial charge in [-0.3, -0.25) is 0 Å². The predicted octanol–water partition coefficient (Wildman–Crippen LogP) is 0.513. The van der Waals surface area contributed by atoms with E-state index in [1.54, 1.807) is 0 Å². The molecule has 0 aromatic carbocycles. The summed E-state index contributed by atoms with van der Waals surface area (Å²) in [7, 11) is 0. The van der Waals surface area contributed by atoms with Crippen molar-refractivity contribution in [3.05, 3.63) is 0 Å². The molecule has 2 nitrogen and oxygen atoms in total. The van der Waals surface area contributed by atoms with Crippen molar-refractivity contribution in [1.29, 1.82) is 0 Å². The van der Waals surface area contributed by atoms with Crippen molar-refractivity contribution in [3.8, 4) is 0 Å². The molecule has 2 N–H and O–H groups in total. The Labute approximate surface area is 50.0 Å². The summed E-state index contributed by atoms with van der Waals surface area (Å²) in [5, 5.41) is 0. The lowest BCUT2D eigenvalue weighted by molar-refractivity contribution is 0.100. The van der Waals surface area contributed by atoms with Crippen LogP contribution in [0.25, 0.3) is 0 Å². The molecule has 1 aliphatic heterocycles. The molecule has 8 heavy (non-hydrogen) atoms. The number of nitrogens with two attached hydrogens (primary N) is 1. The highest BCUT2D eigenvalue weighted by molar-refractivity contribution is 4.89. The van der Waals surface area contributed by atoms with Crippen molar-refractivity contribution >= 4 is 0 Å². The average molecular weight is 115 g/mol. The fourth-order valence-electron chi connectivity index (χ4n) is 0.849. The second-order valence-electron chi connectivity index (χ2n) is 2.77. The Bertz CT molecular complexity index is 90.5. The maximum Gasteiger partial charge on any atom is 0.0724 e. The minimum atomic E-state index is -0.0694. The lowest BCUT2D eigenvalue weighted by Crippen LogP contribution is -2.42. The van der Waals surface area contributed by atoms with Gasteiger partial charge < -0.3 is 10.5 Å². The van der Waals surface area contributed by atoms with E-state index < -0.39 is 0 Å². The molecule has 1 rings (SSSR count). The number of ether oxygens (including phenoxy) is 1. The summed E-state index contributed by atoms with van der Waals surface area (Å²) in [4.78, 5) is 0. The van der Waals surface area contributed by atoms with Crippen molar-refractivity contribution in [2.24, 2.45) is 5.73 Å². The van der Waals surface area contributed by atoms with Crippen molar-refractivity contribution in [2.45, 2.75) is 31.9 Å². The highest BCUT2D eigenvalue weighted by Crippen LogP contribution is 2.21. The van der Waals surface area contributed by atoms with Crippen LogP contribution in [0.15, 0.2) is 0 Å². The molecule has 1 saturated heterocycles. The van der Waals surface area contributed by atoms with Gasteiger partial charge in [0.15, 0.2) is 0 Å². The van der Waals surface area contributed by atoms with Gasteiger partial charge in [-0.25, -0.2) is 0 Å². The minimum Gasteiger partial charge on any atom is -0.377 e. The zero-order chi connectivity index (χ0) is 6.20. The molecule has 0 aromatic rings. The van der Waals surface area contributed by atoms with Crippen LogP contribution in [0.2, 0.25) is 0 Å². The third-order valence-electron chi connectivity index (χ3n) is 1.94. The molecule has 0 bridgehead atoms. The quantitative estimate of drug-likeness (QED) is 0.499. The van der Waals surface area contributed by atoms with E-state index in [0.717, 1.165) is 13.0 Å². The predicted molar refractivity (Wildman–Crippen MR) is 32.6 cm³/mol. The summed E-state index contributed by atoms with van der Waals surface area (Å²) in [5.41, 5.74) is 5.73. The van der Waals surface area contributed by atoms with Crippen LogP contribution in [0.4, 0.5) is 0 Å². The average Bonchev–Trinajstić information content (AvgIpc) is 1.86. The molecule has 0 saturated carbocycles. The highest BCUT2D eigenvalue weighted by Gasteiger charge is 2.32. The van der Waals surface area contributed by atoms with Gasteiger partial charge >= 0.3 is 0 Å². The van der Waals surface area contributed by atoms with Gasteiger partial charge in [-0.2, -0.15) is 0 Å². The molecule has 1 aliphatic rings. The lowest BCUT2D eigenvalue weighted by atomic mass is 9.97. The molecule has 1 fully saturated rings. The van der Waals surface area contributed by atoms with Crippen LogP contribution in [-0.2, 0) is 4.74 Å². The van der Waals surface area contributed by atoms with E-state index >= 15 is 0 Å². The van der Waals surface area contributed by atoms with Gasteiger partial charge in [-0.15, -0.1) is 0 Å². The molecule has 2 heteroatoms. The van der Waals surface area contributed by atoms with Gasteiger partial charge in [-0.1, -0.05) is 0 Å². The molecule has 0 spiro atoms. The Morgan fingerprint density at radius 3 is 2.50 bits per heavy atom. The maximum absolute atomic E-state index is 5.80. The first-order chi connectivity index (χ1) is 3.63. The standard InChI is InChI=1S/C6H13NO/c1-5-6(2,7)3-4-8-5/h5H,3-4,7H2,1-2H3. The first kappa shape index (κ1) is 6.05. The van der Waals surface area contributed by atoms with Crippen molar-refractivity contribution in [2.75, 3.05) is 6.61 Å². The van der Waals surface area contributed by atoms with E-state index in [2.05, 4.69) is 0 Å². The monoisotopic (exact) mass is 115 g/mol. The van der Waals surface area contributed by atoms with E-state index in [4.69, 9.17) is 10.5 Å². The van der Waals surface area contributed by atoms with Gasteiger partial charge in [0.2, 0.25) is 0 Å². The molecule has 0 aromatic heterocycles. The van der Waals surface area contributed by atoms with Crippen molar-refractivity contribution in [3.63, 3.8) is 0 Å². The molecule has 0 amide bonds. The molecule has 1 heterocycles. The summed E-state index contributed by atoms with van der Waals surface area (Å²) in [6.07, 6.45) is 1.23. The van der Waals surface area contributed by atoms with E-state index in [1.807, 2.05) is 13.8 Å². The molecule has 0 radical (unpaired) electrons. The van der Waals surface area contributed by atoms with Crippen LogP contribution in [0, 0.1) is 0 Å². The molecular weight excluding hydrogens is 102 g/mol. The molecule has 48 valence electrons. The Balaban J connectivity index is 2.54. The summed E-state index contributed by atoms with van der Waals surface area (Å²) < 4.78 is 5.24. The van der Waals surface area contributed by atoms with Crippen LogP contribution in [-0.4, -0.2) is 18.2 Å². The lowest BCUT2D eigenvalue weighted by Gasteiger charge is -2.20. The first-order valence-corrected chi connectivity index (χ1v) is 3.03. The zero-order valence-corrected chi connectivity index (χ0v) is 5.48. The summed E-state index contributed by atoms with van der Waals surface area (Å²) in [5.74, 6) is 0. The number of hydrogen-bond acceptors (Lipinski definition) is 2. The van der Waals surface area contributed by atoms with E-state index in [1.165, 1.54) is 0 Å². The third kappa shape index (κ3) is 0.858. The maximum atomic E-state index is 5.80. The van der Waals surface area contributed by atoms with Crippen molar-refractivity contribution < 1.29 is 4.74 Å². The Kier molecular flexibility index (Phi) is 1.29. The molecule has 2 atom stereocenters. The summed E-state index contributed by atoms with van der Waals surface area (Å²) >= 11 is 0. The highest BCUT2D eigenvalue weighted by atomic mass is 16.5. The fourth-order valence-corrected chi connectivity index (χ4v) is 0.849. The zero-order valence-electron chi connectivity index (χ0n) is 5.48. The van der Waals surface area contributed by atoms with Gasteiger partial charge in [-0.05, 0) is 20.3 Å². The number of rotatable bonds is 0. The summed E-state index contributed by atoms with van der Waals surface area (Å²) in [6, 6.07) is 0. The van der Waals surface area contributed by atoms with Crippen LogP contribution < -0.4 is 5.73 Å². The molecule has 0 aliphatic carbocycles. The van der Waals surface area contributed by atoms with Gasteiger partial charge in [0.05, 0.1) is 6.10 Å². The van der Waals surface area contributed by atoms with Gasteiger partial charge in [0.25, 0.3) is 0 Å². The van der Waals surface area contributed by atoms with E-state index in [0.29, 0.717) is 0 Å². The normalized spacial score (nSPS) is 47.6. The van der Waals surface area contributed by atoms with Crippen LogP contribution in [0.5, 0.6) is 0 Å². The molecule has 2 unspecified atom stereocenters.